The monoisotopic (exact) mass is 572 g/mol. The molecule has 4 rings (SSSR count). The number of benzene rings is 4. The van der Waals surface area contributed by atoms with Gasteiger partial charge in [-0.1, -0.05) is 120 Å². The molecular formula is C34H34Cl2N2O2. The third-order valence-corrected chi connectivity index (χ3v) is 5.99. The smallest absolute Gasteiger partial charge is 0.0905 e. The molecule has 0 saturated heterocycles. The van der Waals surface area contributed by atoms with E-state index < -0.39 is 0 Å². The van der Waals surface area contributed by atoms with E-state index in [1.165, 1.54) is 0 Å². The lowest BCUT2D eigenvalue weighted by Gasteiger charge is -2.08. The van der Waals surface area contributed by atoms with Crippen LogP contribution in [0.25, 0.3) is 6.08 Å². The minimum absolute atomic E-state index is 0.116. The SMILES string of the molecule is NC(C#Cc1ccc(Cl)cc1)COCc1ccccc1.N[C@@H](/C=C\c1ccc(Cl)cc1)COCc1ccccc1. The van der Waals surface area contributed by atoms with Gasteiger partial charge >= 0.3 is 0 Å². The van der Waals surface area contributed by atoms with Gasteiger partial charge in [-0.15, -0.1) is 0 Å². The molecule has 6 heteroatoms. The molecule has 0 aliphatic rings. The van der Waals surface area contributed by atoms with Crippen molar-refractivity contribution in [3.8, 4) is 11.8 Å². The van der Waals surface area contributed by atoms with E-state index in [-0.39, 0.29) is 12.1 Å². The highest BCUT2D eigenvalue weighted by molar-refractivity contribution is 6.30. The van der Waals surface area contributed by atoms with Crippen molar-refractivity contribution >= 4 is 29.3 Å². The van der Waals surface area contributed by atoms with Crippen LogP contribution in [0, 0.1) is 11.8 Å². The number of hydrogen-bond donors (Lipinski definition) is 2. The molecule has 0 heterocycles. The first-order chi connectivity index (χ1) is 19.5. The van der Waals surface area contributed by atoms with E-state index in [9.17, 15) is 0 Å². The van der Waals surface area contributed by atoms with Gasteiger partial charge in [0.25, 0.3) is 0 Å². The molecule has 0 aromatic heterocycles. The van der Waals surface area contributed by atoms with Gasteiger partial charge in [-0.25, -0.2) is 0 Å². The summed E-state index contributed by atoms with van der Waals surface area (Å²) in [5, 5.41) is 1.43. The Hall–Kier alpha value is -3.40. The Morgan fingerprint density at radius 1 is 0.650 bits per heavy atom. The number of ether oxygens (including phenoxy) is 2. The topological polar surface area (TPSA) is 70.5 Å². The average Bonchev–Trinajstić information content (AvgIpc) is 2.98. The second-order valence-electron chi connectivity index (χ2n) is 8.96. The van der Waals surface area contributed by atoms with Crippen molar-refractivity contribution < 1.29 is 9.47 Å². The molecule has 0 saturated carbocycles. The van der Waals surface area contributed by atoms with E-state index in [4.69, 9.17) is 44.1 Å². The Labute approximate surface area is 247 Å². The summed E-state index contributed by atoms with van der Waals surface area (Å²) in [6.07, 6.45) is 3.92. The molecule has 40 heavy (non-hydrogen) atoms. The predicted molar refractivity (Wildman–Crippen MR) is 167 cm³/mol. The van der Waals surface area contributed by atoms with Gasteiger partial charge in [-0.2, -0.15) is 0 Å². The number of hydrogen-bond acceptors (Lipinski definition) is 4. The maximum atomic E-state index is 5.98. The Morgan fingerprint density at radius 2 is 1.15 bits per heavy atom. The van der Waals surface area contributed by atoms with Crippen LogP contribution in [0.3, 0.4) is 0 Å². The fraction of sp³-hybridized carbons (Fsp3) is 0.176. The molecule has 0 fully saturated rings. The second kappa shape index (κ2) is 18.0. The van der Waals surface area contributed by atoms with Crippen molar-refractivity contribution in [3.63, 3.8) is 0 Å². The molecule has 4 aromatic rings. The van der Waals surface area contributed by atoms with Crippen LogP contribution in [0.4, 0.5) is 0 Å². The molecule has 2 atom stereocenters. The minimum atomic E-state index is -0.297. The van der Waals surface area contributed by atoms with Crippen LogP contribution in [0.15, 0.2) is 115 Å². The normalized spacial score (nSPS) is 12.1. The Bertz CT molecular complexity index is 1330. The zero-order chi connectivity index (χ0) is 28.4. The lowest BCUT2D eigenvalue weighted by molar-refractivity contribution is 0.116. The molecule has 0 aliphatic carbocycles. The zero-order valence-electron chi connectivity index (χ0n) is 22.3. The standard InChI is InChI=1S/C17H18ClNO.C17H16ClNO/c2*18-16-9-6-14(7-10-16)8-11-17(19)13-20-12-15-4-2-1-3-5-15/h1-11,17H,12-13,19H2;1-7,9-10,17H,12-13,19H2/b11-8-;/t17-;/m0./s1. The highest BCUT2D eigenvalue weighted by Crippen LogP contribution is 2.11. The Kier molecular flexibility index (Phi) is 14.0. The van der Waals surface area contributed by atoms with Crippen LogP contribution in [-0.2, 0) is 22.7 Å². The average molecular weight is 574 g/mol. The Morgan fingerprint density at radius 3 is 1.70 bits per heavy atom. The summed E-state index contributed by atoms with van der Waals surface area (Å²) in [7, 11) is 0. The first kappa shape index (κ1) is 31.1. The third-order valence-electron chi connectivity index (χ3n) is 5.48. The van der Waals surface area contributed by atoms with Crippen LogP contribution in [0.5, 0.6) is 0 Å². The molecule has 4 aromatic carbocycles. The fourth-order valence-corrected chi connectivity index (χ4v) is 3.63. The van der Waals surface area contributed by atoms with Gasteiger partial charge in [0.2, 0.25) is 0 Å². The van der Waals surface area contributed by atoms with Gasteiger partial charge in [0.15, 0.2) is 0 Å². The molecule has 4 N–H and O–H groups in total. The number of nitrogens with two attached hydrogens (primary N) is 2. The fourth-order valence-electron chi connectivity index (χ4n) is 3.38. The second-order valence-corrected chi connectivity index (χ2v) is 9.83. The predicted octanol–water partition coefficient (Wildman–Crippen LogP) is 7.13. The molecular weight excluding hydrogens is 539 g/mol. The van der Waals surface area contributed by atoms with Gasteiger partial charge in [-0.05, 0) is 53.1 Å². The molecule has 0 amide bonds. The largest absolute Gasteiger partial charge is 0.375 e. The molecule has 4 nitrogen and oxygen atoms in total. The summed E-state index contributed by atoms with van der Waals surface area (Å²) >= 11 is 11.6. The minimum Gasteiger partial charge on any atom is -0.375 e. The van der Waals surface area contributed by atoms with E-state index in [2.05, 4.69) is 11.8 Å². The van der Waals surface area contributed by atoms with Crippen molar-refractivity contribution in [2.45, 2.75) is 25.3 Å². The lowest BCUT2D eigenvalue weighted by atomic mass is 10.2. The number of halogens is 2. The maximum Gasteiger partial charge on any atom is 0.0905 e. The summed E-state index contributed by atoms with van der Waals surface area (Å²) in [5.41, 5.74) is 16.1. The van der Waals surface area contributed by atoms with Gasteiger partial charge in [0.05, 0.1) is 32.5 Å². The molecule has 1 unspecified atom stereocenters. The van der Waals surface area contributed by atoms with Crippen LogP contribution in [-0.4, -0.2) is 25.3 Å². The molecule has 0 spiro atoms. The molecule has 206 valence electrons. The summed E-state index contributed by atoms with van der Waals surface area (Å²) in [4.78, 5) is 0. The quantitative estimate of drug-likeness (QED) is 0.198. The van der Waals surface area contributed by atoms with E-state index in [1.807, 2.05) is 121 Å². The molecule has 0 aliphatic heterocycles. The maximum absolute atomic E-state index is 5.98. The van der Waals surface area contributed by atoms with Crippen molar-refractivity contribution in [2.24, 2.45) is 11.5 Å². The van der Waals surface area contributed by atoms with Crippen LogP contribution in [0.2, 0.25) is 10.0 Å². The third kappa shape index (κ3) is 13.1. The number of rotatable bonds is 10. The van der Waals surface area contributed by atoms with E-state index in [1.54, 1.807) is 0 Å². The van der Waals surface area contributed by atoms with Gasteiger partial charge in [0.1, 0.15) is 0 Å². The van der Waals surface area contributed by atoms with Crippen LogP contribution < -0.4 is 11.5 Å². The highest BCUT2D eigenvalue weighted by atomic mass is 35.5. The summed E-state index contributed by atoms with van der Waals surface area (Å²) in [6, 6.07) is 34.6. The van der Waals surface area contributed by atoms with Gasteiger partial charge in [0, 0.05) is 21.7 Å². The summed E-state index contributed by atoms with van der Waals surface area (Å²) < 4.78 is 11.1. The first-order valence-electron chi connectivity index (χ1n) is 12.9. The van der Waals surface area contributed by atoms with Crippen LogP contribution >= 0.6 is 23.2 Å². The molecule has 0 radical (unpaired) electrons. The molecule has 0 bridgehead atoms. The lowest BCUT2D eigenvalue weighted by Crippen LogP contribution is -2.24. The first-order valence-corrected chi connectivity index (χ1v) is 13.7. The van der Waals surface area contributed by atoms with Crippen LogP contribution in [0.1, 0.15) is 22.3 Å². The van der Waals surface area contributed by atoms with Gasteiger partial charge in [-0.3, -0.25) is 0 Å². The Balaban J connectivity index is 0.000000220. The summed E-state index contributed by atoms with van der Waals surface area (Å²) in [5.74, 6) is 5.97. The van der Waals surface area contributed by atoms with Crippen molar-refractivity contribution in [1.29, 1.82) is 0 Å². The van der Waals surface area contributed by atoms with E-state index in [0.29, 0.717) is 31.5 Å². The highest BCUT2D eigenvalue weighted by Gasteiger charge is 2.00. The zero-order valence-corrected chi connectivity index (χ0v) is 23.8. The summed E-state index contributed by atoms with van der Waals surface area (Å²) in [6.45, 7) is 2.05. The van der Waals surface area contributed by atoms with Crippen molar-refractivity contribution in [1.82, 2.24) is 0 Å². The van der Waals surface area contributed by atoms with E-state index in [0.717, 1.165) is 27.3 Å². The van der Waals surface area contributed by atoms with Crippen molar-refractivity contribution in [2.75, 3.05) is 13.2 Å². The van der Waals surface area contributed by atoms with Crippen molar-refractivity contribution in [3.05, 3.63) is 148 Å². The van der Waals surface area contributed by atoms with Gasteiger partial charge < -0.3 is 20.9 Å². The van der Waals surface area contributed by atoms with E-state index >= 15 is 0 Å².